The van der Waals surface area contributed by atoms with E-state index in [0.717, 1.165) is 0 Å². The number of nitrogens with one attached hydrogen (secondary N) is 1. The zero-order valence-corrected chi connectivity index (χ0v) is 14.7. The Morgan fingerprint density at radius 1 is 1.23 bits per heavy atom. The third kappa shape index (κ3) is 4.02. The van der Waals surface area contributed by atoms with Gasteiger partial charge in [-0.05, 0) is 44.2 Å². The number of benzene rings is 2. The zero-order valence-electron chi connectivity index (χ0n) is 14.7. The van der Waals surface area contributed by atoms with Gasteiger partial charge >= 0.3 is 0 Å². The third-order valence-electron chi connectivity index (χ3n) is 4.12. The molecule has 0 aliphatic carbocycles. The molecule has 2 amide bonds. The van der Waals surface area contributed by atoms with Crippen LogP contribution in [0.1, 0.15) is 20.3 Å². The standard InChI is InChI=1S/C20H21FN2O3/c1-13(2)26-18-9-4-3-8-17(18)22-20(25)14-10-19(24)23(12-14)16-7-5-6-15(21)11-16/h3-9,11,13-14H,10,12H2,1-2H3,(H,22,25). The van der Waals surface area contributed by atoms with Gasteiger partial charge in [0.2, 0.25) is 11.8 Å². The summed E-state index contributed by atoms with van der Waals surface area (Å²) in [6.07, 6.45) is 0.0693. The lowest BCUT2D eigenvalue weighted by molar-refractivity contribution is -0.122. The normalized spacial score (nSPS) is 16.8. The molecular formula is C20H21FN2O3. The number of hydrogen-bond donors (Lipinski definition) is 1. The summed E-state index contributed by atoms with van der Waals surface area (Å²) in [7, 11) is 0. The Morgan fingerprint density at radius 2 is 2.00 bits per heavy atom. The van der Waals surface area contributed by atoms with Crippen LogP contribution in [-0.4, -0.2) is 24.5 Å². The average molecular weight is 356 g/mol. The van der Waals surface area contributed by atoms with Crippen molar-refractivity contribution in [2.45, 2.75) is 26.4 Å². The summed E-state index contributed by atoms with van der Waals surface area (Å²) in [6, 6.07) is 13.0. The van der Waals surface area contributed by atoms with Crippen LogP contribution in [0.4, 0.5) is 15.8 Å². The van der Waals surface area contributed by atoms with Crippen molar-refractivity contribution >= 4 is 23.2 Å². The van der Waals surface area contributed by atoms with Gasteiger partial charge in [-0.3, -0.25) is 9.59 Å². The number of ether oxygens (including phenoxy) is 1. The first-order valence-electron chi connectivity index (χ1n) is 8.56. The summed E-state index contributed by atoms with van der Waals surface area (Å²) in [5.74, 6) is -0.775. The summed E-state index contributed by atoms with van der Waals surface area (Å²) >= 11 is 0. The van der Waals surface area contributed by atoms with Crippen LogP contribution in [0.2, 0.25) is 0 Å². The van der Waals surface area contributed by atoms with E-state index >= 15 is 0 Å². The molecule has 136 valence electrons. The molecule has 0 radical (unpaired) electrons. The number of hydrogen-bond acceptors (Lipinski definition) is 3. The monoisotopic (exact) mass is 356 g/mol. The van der Waals surface area contributed by atoms with Crippen molar-refractivity contribution in [1.82, 2.24) is 0 Å². The number of nitrogens with zero attached hydrogens (tertiary/aromatic N) is 1. The Morgan fingerprint density at radius 3 is 2.73 bits per heavy atom. The molecule has 5 nitrogen and oxygen atoms in total. The molecule has 0 saturated carbocycles. The zero-order chi connectivity index (χ0) is 18.7. The maximum absolute atomic E-state index is 13.4. The molecule has 1 aliphatic rings. The maximum atomic E-state index is 13.4. The first-order chi connectivity index (χ1) is 12.4. The van der Waals surface area contributed by atoms with E-state index in [-0.39, 0.29) is 30.9 Å². The molecule has 2 aromatic carbocycles. The van der Waals surface area contributed by atoms with Gasteiger partial charge in [0.25, 0.3) is 0 Å². The molecule has 2 aromatic rings. The van der Waals surface area contributed by atoms with Crippen molar-refractivity contribution in [3.63, 3.8) is 0 Å². The highest BCUT2D eigenvalue weighted by Gasteiger charge is 2.35. The summed E-state index contributed by atoms with van der Waals surface area (Å²) in [4.78, 5) is 26.3. The molecule has 1 fully saturated rings. The van der Waals surface area contributed by atoms with Crippen molar-refractivity contribution in [1.29, 1.82) is 0 Å². The Kier molecular flexibility index (Phi) is 5.21. The second kappa shape index (κ2) is 7.56. The molecule has 0 spiro atoms. The third-order valence-corrected chi connectivity index (χ3v) is 4.12. The van der Waals surface area contributed by atoms with Crippen LogP contribution in [-0.2, 0) is 9.59 Å². The average Bonchev–Trinajstić information content (AvgIpc) is 2.98. The van der Waals surface area contributed by atoms with Crippen molar-refractivity contribution in [2.24, 2.45) is 5.92 Å². The lowest BCUT2D eigenvalue weighted by Gasteiger charge is -2.18. The fourth-order valence-corrected chi connectivity index (χ4v) is 2.94. The second-order valence-corrected chi connectivity index (χ2v) is 6.54. The van der Waals surface area contributed by atoms with Gasteiger partial charge in [-0.15, -0.1) is 0 Å². The van der Waals surface area contributed by atoms with Crippen LogP contribution in [0.15, 0.2) is 48.5 Å². The van der Waals surface area contributed by atoms with Gasteiger partial charge in [-0.1, -0.05) is 18.2 Å². The molecule has 0 aromatic heterocycles. The van der Waals surface area contributed by atoms with E-state index in [4.69, 9.17) is 4.74 Å². The highest BCUT2D eigenvalue weighted by Crippen LogP contribution is 2.29. The van der Waals surface area contributed by atoms with E-state index in [0.29, 0.717) is 17.1 Å². The molecule has 26 heavy (non-hydrogen) atoms. The fourth-order valence-electron chi connectivity index (χ4n) is 2.94. The molecule has 0 bridgehead atoms. The second-order valence-electron chi connectivity index (χ2n) is 6.54. The minimum atomic E-state index is -0.502. The van der Waals surface area contributed by atoms with E-state index in [1.807, 2.05) is 26.0 Å². The van der Waals surface area contributed by atoms with Crippen molar-refractivity contribution in [2.75, 3.05) is 16.8 Å². The highest BCUT2D eigenvalue weighted by molar-refractivity contribution is 6.03. The van der Waals surface area contributed by atoms with Gasteiger partial charge in [0.05, 0.1) is 17.7 Å². The number of para-hydroxylation sites is 2. The van der Waals surface area contributed by atoms with Crippen LogP contribution in [0.25, 0.3) is 0 Å². The Labute approximate surface area is 151 Å². The quantitative estimate of drug-likeness (QED) is 0.890. The summed E-state index contributed by atoms with van der Waals surface area (Å²) in [5, 5.41) is 2.84. The Bertz CT molecular complexity index is 822. The lowest BCUT2D eigenvalue weighted by atomic mass is 10.1. The number of amides is 2. The molecule has 3 rings (SSSR count). The Balaban J connectivity index is 1.71. The van der Waals surface area contributed by atoms with Crippen LogP contribution in [0.5, 0.6) is 5.75 Å². The molecular weight excluding hydrogens is 335 g/mol. The smallest absolute Gasteiger partial charge is 0.229 e. The Hall–Kier alpha value is -2.89. The summed E-state index contributed by atoms with van der Waals surface area (Å²) < 4.78 is 19.1. The van der Waals surface area contributed by atoms with E-state index < -0.39 is 11.7 Å². The SMILES string of the molecule is CC(C)Oc1ccccc1NC(=O)C1CC(=O)N(c2cccc(F)c2)C1. The molecule has 1 N–H and O–H groups in total. The van der Waals surface area contributed by atoms with Gasteiger partial charge < -0.3 is 15.0 Å². The van der Waals surface area contributed by atoms with Crippen LogP contribution < -0.4 is 15.0 Å². The molecule has 1 atom stereocenters. The predicted molar refractivity (Wildman–Crippen MR) is 97.7 cm³/mol. The molecule has 6 heteroatoms. The first-order valence-corrected chi connectivity index (χ1v) is 8.56. The van der Waals surface area contributed by atoms with Gasteiger partial charge in [0.15, 0.2) is 0 Å². The summed E-state index contributed by atoms with van der Waals surface area (Å²) in [6.45, 7) is 4.04. The molecule has 1 heterocycles. The lowest BCUT2D eigenvalue weighted by Crippen LogP contribution is -2.28. The van der Waals surface area contributed by atoms with Crippen molar-refractivity contribution in [3.05, 3.63) is 54.3 Å². The predicted octanol–water partition coefficient (Wildman–Crippen LogP) is 3.60. The first kappa shape index (κ1) is 17.9. The number of carbonyl (C=O) groups is 2. The van der Waals surface area contributed by atoms with Crippen LogP contribution >= 0.6 is 0 Å². The summed E-state index contributed by atoms with van der Waals surface area (Å²) in [5.41, 5.74) is 1.04. The van der Waals surface area contributed by atoms with E-state index in [1.54, 1.807) is 24.3 Å². The number of halogens is 1. The number of anilines is 2. The molecule has 1 aliphatic heterocycles. The minimum Gasteiger partial charge on any atom is -0.489 e. The van der Waals surface area contributed by atoms with Crippen molar-refractivity contribution in [3.8, 4) is 5.75 Å². The van der Waals surface area contributed by atoms with E-state index in [1.165, 1.54) is 17.0 Å². The number of carbonyl (C=O) groups excluding carboxylic acids is 2. The molecule has 1 saturated heterocycles. The van der Waals surface area contributed by atoms with Gasteiger partial charge in [-0.25, -0.2) is 4.39 Å². The highest BCUT2D eigenvalue weighted by atomic mass is 19.1. The fraction of sp³-hybridized carbons (Fsp3) is 0.300. The largest absolute Gasteiger partial charge is 0.489 e. The van der Waals surface area contributed by atoms with Gasteiger partial charge in [-0.2, -0.15) is 0 Å². The van der Waals surface area contributed by atoms with Gasteiger partial charge in [0, 0.05) is 18.7 Å². The minimum absolute atomic E-state index is 0.0235. The van der Waals surface area contributed by atoms with Crippen LogP contribution in [0.3, 0.4) is 0 Å². The topological polar surface area (TPSA) is 58.6 Å². The maximum Gasteiger partial charge on any atom is 0.229 e. The van der Waals surface area contributed by atoms with Gasteiger partial charge in [0.1, 0.15) is 11.6 Å². The van der Waals surface area contributed by atoms with Crippen LogP contribution in [0, 0.1) is 11.7 Å². The van der Waals surface area contributed by atoms with Crippen molar-refractivity contribution < 1.29 is 18.7 Å². The van der Waals surface area contributed by atoms with E-state index in [9.17, 15) is 14.0 Å². The van der Waals surface area contributed by atoms with E-state index in [2.05, 4.69) is 5.32 Å². The number of rotatable bonds is 5. The molecule has 1 unspecified atom stereocenters.